The minimum Gasteiger partial charge on any atom is -0.344 e. The molecule has 2 aromatic rings. The summed E-state index contributed by atoms with van der Waals surface area (Å²) in [6.45, 7) is 12.1. The molecule has 0 unspecified atom stereocenters. The summed E-state index contributed by atoms with van der Waals surface area (Å²) in [4.78, 5) is 17.3. The minimum absolute atomic E-state index is 0.133. The number of amides is 1. The third kappa shape index (κ3) is 4.24. The fourth-order valence-electron chi connectivity index (χ4n) is 3.90. The Balaban J connectivity index is 1.74. The number of aromatic nitrogens is 1. The van der Waals surface area contributed by atoms with Crippen molar-refractivity contribution in [2.75, 3.05) is 26.2 Å². The number of carbonyl (C=O) groups excluding carboxylic acids is 1. The summed E-state index contributed by atoms with van der Waals surface area (Å²) in [5.41, 5.74) is 2.68. The number of nitrogens with one attached hydrogen (secondary N) is 1. The summed E-state index contributed by atoms with van der Waals surface area (Å²) in [5, 5.41) is 9.05. The summed E-state index contributed by atoms with van der Waals surface area (Å²) in [6, 6.07) is 8.89. The molecule has 1 N–H and O–H groups in total. The maximum Gasteiger partial charge on any atom is 0.253 e. The highest BCUT2D eigenvalue weighted by atomic mass is 16.2. The topological polar surface area (TPSA) is 52.3 Å². The predicted molar refractivity (Wildman–Crippen MR) is 112 cm³/mol. The zero-order valence-electron chi connectivity index (χ0n) is 17.0. The van der Waals surface area contributed by atoms with E-state index in [-0.39, 0.29) is 11.9 Å². The van der Waals surface area contributed by atoms with E-state index in [9.17, 15) is 4.79 Å². The largest absolute Gasteiger partial charge is 0.344 e. The fraction of sp³-hybridized carbons (Fsp3) is 0.545. The van der Waals surface area contributed by atoms with E-state index in [0.29, 0.717) is 6.04 Å². The van der Waals surface area contributed by atoms with Gasteiger partial charge in [-0.05, 0) is 51.5 Å². The van der Waals surface area contributed by atoms with Crippen molar-refractivity contribution in [3.05, 3.63) is 36.0 Å². The van der Waals surface area contributed by atoms with Gasteiger partial charge >= 0.3 is 0 Å². The molecule has 0 saturated carbocycles. The lowest BCUT2D eigenvalue weighted by molar-refractivity contribution is 0.0595. The van der Waals surface area contributed by atoms with Gasteiger partial charge in [-0.3, -0.25) is 9.69 Å². The molecular weight excluding hydrogens is 336 g/mol. The second kappa shape index (κ2) is 8.26. The SMILES string of the molecule is CCC(=N)C[C@H](C)n1ccc2cc(C(=O)N3CCN(C(C)C)CC3)ccc21. The average Bonchev–Trinajstić information content (AvgIpc) is 3.10. The smallest absolute Gasteiger partial charge is 0.253 e. The van der Waals surface area contributed by atoms with Gasteiger partial charge in [0.2, 0.25) is 0 Å². The highest BCUT2D eigenvalue weighted by Crippen LogP contribution is 2.24. The lowest BCUT2D eigenvalue weighted by atomic mass is 10.1. The van der Waals surface area contributed by atoms with Crippen molar-refractivity contribution in [3.8, 4) is 0 Å². The molecule has 27 heavy (non-hydrogen) atoms. The van der Waals surface area contributed by atoms with Crippen molar-refractivity contribution < 1.29 is 4.79 Å². The first kappa shape index (κ1) is 19.6. The van der Waals surface area contributed by atoms with Crippen molar-refractivity contribution in [3.63, 3.8) is 0 Å². The highest BCUT2D eigenvalue weighted by molar-refractivity contribution is 5.98. The fourth-order valence-corrected chi connectivity index (χ4v) is 3.90. The quantitative estimate of drug-likeness (QED) is 0.777. The molecule has 2 heterocycles. The molecule has 0 radical (unpaired) electrons. The molecule has 1 atom stereocenters. The van der Waals surface area contributed by atoms with Crippen LogP contribution in [0.25, 0.3) is 10.9 Å². The highest BCUT2D eigenvalue weighted by Gasteiger charge is 2.23. The number of fused-ring (bicyclic) bond motifs is 1. The van der Waals surface area contributed by atoms with Gasteiger partial charge in [0.25, 0.3) is 5.91 Å². The van der Waals surface area contributed by atoms with Gasteiger partial charge in [0, 0.05) is 73.1 Å². The number of nitrogens with zero attached hydrogens (tertiary/aromatic N) is 3. The van der Waals surface area contributed by atoms with Crippen molar-refractivity contribution >= 4 is 22.5 Å². The van der Waals surface area contributed by atoms with Crippen LogP contribution in [0.5, 0.6) is 0 Å². The summed E-state index contributed by atoms with van der Waals surface area (Å²) >= 11 is 0. The number of benzene rings is 1. The Bertz CT molecular complexity index is 815. The molecule has 5 heteroatoms. The molecule has 1 fully saturated rings. The van der Waals surface area contributed by atoms with Crippen LogP contribution in [0.4, 0.5) is 0 Å². The second-order valence-corrected chi connectivity index (χ2v) is 7.93. The summed E-state index contributed by atoms with van der Waals surface area (Å²) in [5.74, 6) is 0.133. The maximum atomic E-state index is 12.9. The zero-order chi connectivity index (χ0) is 19.6. The molecule has 1 amide bonds. The Kier molecular flexibility index (Phi) is 6.00. The lowest BCUT2D eigenvalue weighted by Gasteiger charge is -2.37. The molecule has 1 saturated heterocycles. The van der Waals surface area contributed by atoms with Gasteiger partial charge in [-0.1, -0.05) is 6.92 Å². The first-order valence-corrected chi connectivity index (χ1v) is 10.1. The molecule has 5 nitrogen and oxygen atoms in total. The van der Waals surface area contributed by atoms with E-state index in [4.69, 9.17) is 5.41 Å². The van der Waals surface area contributed by atoms with E-state index in [1.807, 2.05) is 24.0 Å². The van der Waals surface area contributed by atoms with Crippen LogP contribution in [0.3, 0.4) is 0 Å². The van der Waals surface area contributed by atoms with Crippen molar-refractivity contribution in [1.29, 1.82) is 5.41 Å². The lowest BCUT2D eigenvalue weighted by Crippen LogP contribution is -2.50. The van der Waals surface area contributed by atoms with Crippen molar-refractivity contribution in [2.45, 2.75) is 52.6 Å². The molecule has 0 aliphatic carbocycles. The Hall–Kier alpha value is -2.14. The zero-order valence-corrected chi connectivity index (χ0v) is 17.0. The van der Waals surface area contributed by atoms with Crippen LogP contribution >= 0.6 is 0 Å². The molecular formula is C22H32N4O. The van der Waals surface area contributed by atoms with Crippen LogP contribution < -0.4 is 0 Å². The van der Waals surface area contributed by atoms with E-state index >= 15 is 0 Å². The summed E-state index contributed by atoms with van der Waals surface area (Å²) < 4.78 is 2.22. The summed E-state index contributed by atoms with van der Waals surface area (Å²) in [6.07, 6.45) is 3.64. The van der Waals surface area contributed by atoms with E-state index < -0.39 is 0 Å². The third-order valence-electron chi connectivity index (χ3n) is 5.74. The number of hydrogen-bond donors (Lipinski definition) is 1. The van der Waals surface area contributed by atoms with Crippen LogP contribution in [-0.4, -0.2) is 58.2 Å². The Morgan fingerprint density at radius 3 is 2.44 bits per heavy atom. The Morgan fingerprint density at radius 2 is 1.81 bits per heavy atom. The van der Waals surface area contributed by atoms with Gasteiger partial charge in [-0.15, -0.1) is 0 Å². The molecule has 146 valence electrons. The number of carbonyl (C=O) groups is 1. The minimum atomic E-state index is 0.133. The van der Waals surface area contributed by atoms with Gasteiger partial charge in [0.15, 0.2) is 0 Å². The van der Waals surface area contributed by atoms with Crippen LogP contribution in [0.2, 0.25) is 0 Å². The van der Waals surface area contributed by atoms with Crippen LogP contribution in [-0.2, 0) is 0 Å². The Labute approximate surface area is 162 Å². The summed E-state index contributed by atoms with van der Waals surface area (Å²) in [7, 11) is 0. The number of piperazine rings is 1. The van der Waals surface area contributed by atoms with Crippen LogP contribution in [0.1, 0.15) is 56.9 Å². The van der Waals surface area contributed by atoms with Crippen molar-refractivity contribution in [2.24, 2.45) is 0 Å². The molecule has 1 aliphatic heterocycles. The Morgan fingerprint density at radius 1 is 1.11 bits per heavy atom. The maximum absolute atomic E-state index is 12.9. The molecule has 0 bridgehead atoms. The van der Waals surface area contributed by atoms with Crippen molar-refractivity contribution in [1.82, 2.24) is 14.4 Å². The first-order chi connectivity index (χ1) is 12.9. The van der Waals surface area contributed by atoms with Crippen LogP contribution in [0.15, 0.2) is 30.5 Å². The normalized spacial score (nSPS) is 16.9. The van der Waals surface area contributed by atoms with E-state index in [2.05, 4.69) is 48.6 Å². The number of hydrogen-bond acceptors (Lipinski definition) is 3. The van der Waals surface area contributed by atoms with Gasteiger partial charge in [-0.25, -0.2) is 0 Å². The van der Waals surface area contributed by atoms with Gasteiger partial charge in [0.05, 0.1) is 0 Å². The second-order valence-electron chi connectivity index (χ2n) is 7.93. The predicted octanol–water partition coefficient (Wildman–Crippen LogP) is 4.19. The monoisotopic (exact) mass is 368 g/mol. The van der Waals surface area contributed by atoms with E-state index in [0.717, 1.165) is 61.2 Å². The molecule has 0 spiro atoms. The van der Waals surface area contributed by atoms with Crippen LogP contribution in [0, 0.1) is 5.41 Å². The average molecular weight is 369 g/mol. The molecule has 1 aliphatic rings. The van der Waals surface area contributed by atoms with Gasteiger partial charge < -0.3 is 14.9 Å². The molecule has 1 aromatic carbocycles. The molecule has 3 rings (SSSR count). The molecule has 1 aromatic heterocycles. The van der Waals surface area contributed by atoms with Gasteiger partial charge in [0.1, 0.15) is 0 Å². The van der Waals surface area contributed by atoms with E-state index in [1.165, 1.54) is 0 Å². The number of rotatable bonds is 6. The third-order valence-corrected chi connectivity index (χ3v) is 5.74. The standard InChI is InChI=1S/C22H32N4O/c1-5-20(23)14-17(4)26-9-8-18-15-19(6-7-21(18)26)22(27)25-12-10-24(11-13-25)16(2)3/h6-9,15-17,23H,5,10-14H2,1-4H3/t17-/m0/s1. The van der Waals surface area contributed by atoms with Gasteiger partial charge in [-0.2, -0.15) is 0 Å². The first-order valence-electron chi connectivity index (χ1n) is 10.1. The van der Waals surface area contributed by atoms with E-state index in [1.54, 1.807) is 0 Å².